The van der Waals surface area contributed by atoms with E-state index < -0.39 is 0 Å². The second-order valence-corrected chi connectivity index (χ2v) is 5.87. The van der Waals surface area contributed by atoms with Crippen LogP contribution >= 0.6 is 0 Å². The van der Waals surface area contributed by atoms with Crippen molar-refractivity contribution in [3.63, 3.8) is 0 Å². The van der Waals surface area contributed by atoms with Gasteiger partial charge in [-0.05, 0) is 24.3 Å². The molecule has 0 unspecified atom stereocenters. The highest BCUT2D eigenvalue weighted by molar-refractivity contribution is 5.85. The van der Waals surface area contributed by atoms with E-state index >= 15 is 0 Å². The molecule has 0 aromatic heterocycles. The van der Waals surface area contributed by atoms with Crippen molar-refractivity contribution in [2.75, 3.05) is 0 Å². The summed E-state index contributed by atoms with van der Waals surface area (Å²) in [6, 6.07) is 9.62. The molecule has 0 heterocycles. The molecule has 1 fully saturated rings. The van der Waals surface area contributed by atoms with E-state index in [4.69, 9.17) is 4.74 Å². The lowest BCUT2D eigenvalue weighted by molar-refractivity contribution is -0.169. The van der Waals surface area contributed by atoms with Crippen LogP contribution in [0.3, 0.4) is 0 Å². The van der Waals surface area contributed by atoms with Crippen LogP contribution in [0.2, 0.25) is 0 Å². The third kappa shape index (κ3) is 2.70. The molecule has 1 aromatic carbocycles. The Morgan fingerprint density at radius 2 is 1.84 bits per heavy atom. The van der Waals surface area contributed by atoms with Gasteiger partial charge in [0.1, 0.15) is 12.4 Å². The molecule has 102 valence electrons. The van der Waals surface area contributed by atoms with Gasteiger partial charge in [0.2, 0.25) is 0 Å². The highest BCUT2D eigenvalue weighted by atomic mass is 16.5. The van der Waals surface area contributed by atoms with Gasteiger partial charge in [0.25, 0.3) is 0 Å². The lowest BCUT2D eigenvalue weighted by Crippen LogP contribution is -2.52. The lowest BCUT2D eigenvalue weighted by atomic mass is 9.53. The molecule has 19 heavy (non-hydrogen) atoms. The molecule has 1 aromatic rings. The van der Waals surface area contributed by atoms with Crippen LogP contribution in [0.25, 0.3) is 0 Å². The number of benzene rings is 1. The van der Waals surface area contributed by atoms with Gasteiger partial charge in [0.15, 0.2) is 0 Å². The Kier molecular flexibility index (Phi) is 3.74. The van der Waals surface area contributed by atoms with E-state index in [2.05, 4.69) is 0 Å². The molecule has 0 saturated heterocycles. The number of rotatable bonds is 4. The third-order valence-corrected chi connectivity index (χ3v) is 4.27. The smallest absolute Gasteiger partial charge is 0.309 e. The van der Waals surface area contributed by atoms with Gasteiger partial charge in [0, 0.05) is 5.92 Å². The SMILES string of the molecule is CC(=O)[C@@H]1C[C@H](C(=O)OCc2ccccc2)C1(C)C. The highest BCUT2D eigenvalue weighted by Gasteiger charge is 2.54. The zero-order valence-corrected chi connectivity index (χ0v) is 11.7. The molecular weight excluding hydrogens is 240 g/mol. The summed E-state index contributed by atoms with van der Waals surface area (Å²) in [6.45, 7) is 5.84. The minimum atomic E-state index is -0.278. The Bertz CT molecular complexity index is 476. The van der Waals surface area contributed by atoms with Crippen LogP contribution in [0.1, 0.15) is 32.8 Å². The fraction of sp³-hybridized carbons (Fsp3) is 0.500. The van der Waals surface area contributed by atoms with Crippen LogP contribution in [-0.4, -0.2) is 11.8 Å². The van der Waals surface area contributed by atoms with Gasteiger partial charge in [-0.3, -0.25) is 9.59 Å². The number of esters is 1. The molecule has 0 amide bonds. The maximum Gasteiger partial charge on any atom is 0.309 e. The number of ketones is 1. The number of Topliss-reactive ketones (excluding diaryl/α,β-unsaturated/α-hetero) is 1. The van der Waals surface area contributed by atoms with Gasteiger partial charge in [-0.25, -0.2) is 0 Å². The molecular formula is C16H20O3. The minimum absolute atomic E-state index is 0.0122. The van der Waals surface area contributed by atoms with Crippen molar-refractivity contribution < 1.29 is 14.3 Å². The molecule has 2 rings (SSSR count). The zero-order valence-electron chi connectivity index (χ0n) is 11.7. The second kappa shape index (κ2) is 5.16. The fourth-order valence-corrected chi connectivity index (χ4v) is 2.84. The first-order valence-corrected chi connectivity index (χ1v) is 6.64. The summed E-state index contributed by atoms with van der Waals surface area (Å²) in [5.41, 5.74) is 0.704. The van der Waals surface area contributed by atoms with Crippen molar-refractivity contribution in [1.82, 2.24) is 0 Å². The molecule has 0 bridgehead atoms. The predicted octanol–water partition coefficient (Wildman–Crippen LogP) is 2.98. The minimum Gasteiger partial charge on any atom is -0.461 e. The van der Waals surface area contributed by atoms with Crippen LogP contribution in [-0.2, 0) is 20.9 Å². The van der Waals surface area contributed by atoms with Crippen molar-refractivity contribution in [3.05, 3.63) is 35.9 Å². The second-order valence-electron chi connectivity index (χ2n) is 5.87. The van der Waals surface area contributed by atoms with Crippen molar-refractivity contribution in [1.29, 1.82) is 0 Å². The van der Waals surface area contributed by atoms with Gasteiger partial charge < -0.3 is 4.74 Å². The molecule has 0 aliphatic heterocycles. The molecule has 1 aliphatic carbocycles. The lowest BCUT2D eigenvalue weighted by Gasteiger charge is -2.49. The van der Waals surface area contributed by atoms with Crippen LogP contribution in [0.4, 0.5) is 0 Å². The standard InChI is InChI=1S/C16H20O3/c1-11(17)13-9-14(16(13,2)3)15(18)19-10-12-7-5-4-6-8-12/h4-8,13-14H,9-10H2,1-3H3/t13-,14+/m0/s1. The number of carbonyl (C=O) groups excluding carboxylic acids is 2. The summed E-state index contributed by atoms with van der Waals surface area (Å²) in [4.78, 5) is 23.5. The van der Waals surface area contributed by atoms with E-state index in [1.807, 2.05) is 44.2 Å². The summed E-state index contributed by atoms with van der Waals surface area (Å²) in [7, 11) is 0. The van der Waals surface area contributed by atoms with Crippen LogP contribution in [0.5, 0.6) is 0 Å². The molecule has 3 heteroatoms. The van der Waals surface area contributed by atoms with Crippen molar-refractivity contribution in [2.45, 2.75) is 33.8 Å². The first-order chi connectivity index (χ1) is 8.93. The molecule has 1 saturated carbocycles. The fourth-order valence-electron chi connectivity index (χ4n) is 2.84. The molecule has 0 radical (unpaired) electrons. The topological polar surface area (TPSA) is 43.4 Å². The maximum absolute atomic E-state index is 12.0. The first kappa shape index (κ1) is 13.8. The van der Waals surface area contributed by atoms with Gasteiger partial charge >= 0.3 is 5.97 Å². The van der Waals surface area contributed by atoms with Crippen LogP contribution in [0.15, 0.2) is 30.3 Å². The van der Waals surface area contributed by atoms with E-state index in [0.717, 1.165) is 5.56 Å². The summed E-state index contributed by atoms with van der Waals surface area (Å²) in [5, 5.41) is 0. The van der Waals surface area contributed by atoms with Crippen LogP contribution in [0, 0.1) is 17.3 Å². The largest absolute Gasteiger partial charge is 0.461 e. The molecule has 2 atom stereocenters. The van der Waals surface area contributed by atoms with Gasteiger partial charge in [0.05, 0.1) is 5.92 Å². The molecule has 3 nitrogen and oxygen atoms in total. The van der Waals surface area contributed by atoms with E-state index in [1.165, 1.54) is 0 Å². The average molecular weight is 260 g/mol. The zero-order chi connectivity index (χ0) is 14.0. The van der Waals surface area contributed by atoms with E-state index in [9.17, 15) is 9.59 Å². The molecule has 0 spiro atoms. The van der Waals surface area contributed by atoms with Crippen molar-refractivity contribution >= 4 is 11.8 Å². The highest BCUT2D eigenvalue weighted by Crippen LogP contribution is 2.52. The van der Waals surface area contributed by atoms with E-state index in [0.29, 0.717) is 13.0 Å². The first-order valence-electron chi connectivity index (χ1n) is 6.64. The Morgan fingerprint density at radius 1 is 1.21 bits per heavy atom. The van der Waals surface area contributed by atoms with E-state index in [-0.39, 0.29) is 29.0 Å². The summed E-state index contributed by atoms with van der Waals surface area (Å²) in [5.74, 6) is -0.199. The average Bonchev–Trinajstić information content (AvgIpc) is 2.36. The van der Waals surface area contributed by atoms with Gasteiger partial charge in [-0.2, -0.15) is 0 Å². The number of carbonyl (C=O) groups is 2. The summed E-state index contributed by atoms with van der Waals surface area (Å²) >= 11 is 0. The maximum atomic E-state index is 12.0. The summed E-state index contributed by atoms with van der Waals surface area (Å²) in [6.07, 6.45) is 0.621. The Balaban J connectivity index is 1.90. The predicted molar refractivity (Wildman–Crippen MR) is 72.3 cm³/mol. The van der Waals surface area contributed by atoms with Crippen molar-refractivity contribution in [2.24, 2.45) is 17.3 Å². The Morgan fingerprint density at radius 3 is 2.37 bits per heavy atom. The summed E-state index contributed by atoms with van der Waals surface area (Å²) < 4.78 is 5.35. The molecule has 0 N–H and O–H groups in total. The van der Waals surface area contributed by atoms with Crippen molar-refractivity contribution in [3.8, 4) is 0 Å². The number of ether oxygens (including phenoxy) is 1. The van der Waals surface area contributed by atoms with E-state index in [1.54, 1.807) is 6.92 Å². The Labute approximate surface area is 114 Å². The quantitative estimate of drug-likeness (QED) is 0.782. The number of hydrogen-bond acceptors (Lipinski definition) is 3. The normalized spacial score (nSPS) is 24.4. The number of hydrogen-bond donors (Lipinski definition) is 0. The van der Waals surface area contributed by atoms with Gasteiger partial charge in [-0.15, -0.1) is 0 Å². The third-order valence-electron chi connectivity index (χ3n) is 4.27. The Hall–Kier alpha value is -1.64. The molecule has 1 aliphatic rings. The van der Waals surface area contributed by atoms with Crippen LogP contribution < -0.4 is 0 Å². The monoisotopic (exact) mass is 260 g/mol. The van der Waals surface area contributed by atoms with Gasteiger partial charge in [-0.1, -0.05) is 44.2 Å².